The van der Waals surface area contributed by atoms with Gasteiger partial charge in [0, 0.05) is 44.4 Å². The van der Waals surface area contributed by atoms with Crippen LogP contribution in [0, 0.1) is 5.92 Å². The van der Waals surface area contributed by atoms with E-state index in [4.69, 9.17) is 4.74 Å². The monoisotopic (exact) mass is 401 g/mol. The van der Waals surface area contributed by atoms with Crippen molar-refractivity contribution in [2.75, 3.05) is 45.7 Å². The van der Waals surface area contributed by atoms with Crippen molar-refractivity contribution in [1.29, 1.82) is 0 Å². The van der Waals surface area contributed by atoms with Crippen LogP contribution in [-0.2, 0) is 14.3 Å². The quantitative estimate of drug-likeness (QED) is 0.723. The second-order valence-corrected chi connectivity index (χ2v) is 8.10. The van der Waals surface area contributed by atoms with E-state index in [0.717, 1.165) is 31.4 Å². The van der Waals surface area contributed by atoms with Crippen LogP contribution >= 0.6 is 0 Å². The molecule has 7 heteroatoms. The number of benzene rings is 1. The first-order chi connectivity index (χ1) is 13.9. The van der Waals surface area contributed by atoms with Gasteiger partial charge >= 0.3 is 5.97 Å². The van der Waals surface area contributed by atoms with E-state index in [9.17, 15) is 14.4 Å². The van der Waals surface area contributed by atoms with Crippen molar-refractivity contribution < 1.29 is 19.1 Å². The van der Waals surface area contributed by atoms with E-state index in [1.54, 1.807) is 21.9 Å². The molecule has 2 aliphatic rings. The maximum absolute atomic E-state index is 13.0. The highest BCUT2D eigenvalue weighted by Crippen LogP contribution is 2.27. The van der Waals surface area contributed by atoms with E-state index >= 15 is 0 Å². The summed E-state index contributed by atoms with van der Waals surface area (Å²) < 4.78 is 4.96. The number of carbonyl (C=O) groups is 3. The number of ether oxygens (including phenoxy) is 1. The molecular formula is C22H31N3O4. The van der Waals surface area contributed by atoms with Gasteiger partial charge in [-0.15, -0.1) is 0 Å². The predicted molar refractivity (Wildman–Crippen MR) is 111 cm³/mol. The van der Waals surface area contributed by atoms with Crippen LogP contribution in [0.4, 0.5) is 5.69 Å². The molecule has 29 heavy (non-hydrogen) atoms. The molecule has 0 N–H and O–H groups in total. The normalized spacial score (nSPS) is 20.3. The molecule has 1 aliphatic carbocycles. The molecule has 7 nitrogen and oxygen atoms in total. The van der Waals surface area contributed by atoms with Crippen molar-refractivity contribution in [3.63, 3.8) is 0 Å². The topological polar surface area (TPSA) is 70.2 Å². The summed E-state index contributed by atoms with van der Waals surface area (Å²) in [7, 11) is 5.22. The van der Waals surface area contributed by atoms with Crippen LogP contribution in [0.15, 0.2) is 24.3 Å². The van der Waals surface area contributed by atoms with Crippen molar-refractivity contribution in [2.45, 2.75) is 38.1 Å². The highest BCUT2D eigenvalue weighted by Gasteiger charge is 2.40. The zero-order chi connectivity index (χ0) is 21.0. The van der Waals surface area contributed by atoms with E-state index in [2.05, 4.69) is 0 Å². The molecular weight excluding hydrogens is 370 g/mol. The number of rotatable bonds is 4. The van der Waals surface area contributed by atoms with Gasteiger partial charge in [-0.3, -0.25) is 9.59 Å². The second kappa shape index (κ2) is 9.29. The average Bonchev–Trinajstić information content (AvgIpc) is 2.77. The highest BCUT2D eigenvalue weighted by atomic mass is 16.5. The fourth-order valence-corrected chi connectivity index (χ4v) is 4.24. The van der Waals surface area contributed by atoms with Gasteiger partial charge in [-0.25, -0.2) is 4.79 Å². The minimum Gasteiger partial charge on any atom is -0.467 e. The van der Waals surface area contributed by atoms with Crippen molar-refractivity contribution in [1.82, 2.24) is 9.80 Å². The summed E-state index contributed by atoms with van der Waals surface area (Å²) in [5.74, 6) is -0.581. The van der Waals surface area contributed by atoms with Gasteiger partial charge < -0.3 is 19.4 Å². The van der Waals surface area contributed by atoms with E-state index in [-0.39, 0.29) is 24.3 Å². The number of methoxy groups -OCH3 is 1. The minimum atomic E-state index is -0.742. The number of anilines is 1. The highest BCUT2D eigenvalue weighted by molar-refractivity contribution is 5.95. The van der Waals surface area contributed by atoms with Gasteiger partial charge in [-0.05, 0) is 37.1 Å². The molecule has 3 rings (SSSR count). The van der Waals surface area contributed by atoms with Crippen molar-refractivity contribution >= 4 is 23.5 Å². The van der Waals surface area contributed by atoms with Gasteiger partial charge in [0.2, 0.25) is 5.91 Å². The first-order valence-corrected chi connectivity index (χ1v) is 10.4. The second-order valence-electron chi connectivity index (χ2n) is 8.10. The number of carbonyl (C=O) groups excluding carboxylic acids is 3. The Hall–Kier alpha value is -2.57. The zero-order valence-electron chi connectivity index (χ0n) is 17.6. The lowest BCUT2D eigenvalue weighted by atomic mass is 9.87. The van der Waals surface area contributed by atoms with Crippen LogP contribution in [0.1, 0.15) is 42.5 Å². The van der Waals surface area contributed by atoms with Gasteiger partial charge in [-0.2, -0.15) is 0 Å². The smallest absolute Gasteiger partial charge is 0.330 e. The van der Waals surface area contributed by atoms with E-state index in [1.807, 2.05) is 31.1 Å². The Balaban J connectivity index is 1.72. The zero-order valence-corrected chi connectivity index (χ0v) is 17.6. The molecule has 0 radical (unpaired) electrons. The van der Waals surface area contributed by atoms with Crippen molar-refractivity contribution in [3.05, 3.63) is 29.8 Å². The van der Waals surface area contributed by atoms with Gasteiger partial charge in [0.15, 0.2) is 0 Å². The lowest BCUT2D eigenvalue weighted by Crippen LogP contribution is -2.60. The SMILES string of the molecule is COC(=O)C1CN(C(=O)c2ccc(N(C)C)cc2)CCN1C(=O)C1CCCCC1. The standard InChI is InChI=1S/C22H31N3O4/c1-23(2)18-11-9-17(10-12-18)20(26)24-13-14-25(19(15-24)22(28)29-3)21(27)16-7-5-4-6-8-16/h9-12,16,19H,4-8,13-15H2,1-3H3. The third-order valence-corrected chi connectivity index (χ3v) is 6.01. The third-order valence-electron chi connectivity index (χ3n) is 6.01. The summed E-state index contributed by atoms with van der Waals surface area (Å²) in [6.07, 6.45) is 5.04. The summed E-state index contributed by atoms with van der Waals surface area (Å²) in [4.78, 5) is 43.7. The van der Waals surface area contributed by atoms with Gasteiger partial charge in [0.25, 0.3) is 5.91 Å². The number of amides is 2. The van der Waals surface area contributed by atoms with Gasteiger partial charge in [0.1, 0.15) is 6.04 Å². The molecule has 1 aliphatic heterocycles. The molecule has 1 saturated heterocycles. The maximum Gasteiger partial charge on any atom is 0.330 e. The maximum atomic E-state index is 13.0. The molecule has 1 heterocycles. The number of hydrogen-bond donors (Lipinski definition) is 0. The fraction of sp³-hybridized carbons (Fsp3) is 0.591. The Morgan fingerprint density at radius 2 is 1.66 bits per heavy atom. The molecule has 2 amide bonds. The fourth-order valence-electron chi connectivity index (χ4n) is 4.24. The molecule has 1 aromatic rings. The van der Waals surface area contributed by atoms with Crippen LogP contribution < -0.4 is 4.90 Å². The number of esters is 1. The van der Waals surface area contributed by atoms with Crippen LogP contribution in [0.3, 0.4) is 0 Å². The molecule has 0 bridgehead atoms. The van der Waals surface area contributed by atoms with Gasteiger partial charge in [0.05, 0.1) is 13.7 Å². The molecule has 2 fully saturated rings. The Morgan fingerprint density at radius 3 is 2.24 bits per heavy atom. The average molecular weight is 402 g/mol. The third kappa shape index (κ3) is 4.71. The van der Waals surface area contributed by atoms with E-state index < -0.39 is 12.0 Å². The molecule has 1 unspecified atom stereocenters. The summed E-state index contributed by atoms with van der Waals surface area (Å²) in [5, 5.41) is 0. The first kappa shape index (κ1) is 21.1. The lowest BCUT2D eigenvalue weighted by molar-refractivity contribution is -0.157. The Morgan fingerprint density at radius 1 is 1.00 bits per heavy atom. The van der Waals surface area contributed by atoms with Crippen LogP contribution in [0.25, 0.3) is 0 Å². The van der Waals surface area contributed by atoms with Crippen LogP contribution in [0.5, 0.6) is 0 Å². The molecule has 1 aromatic carbocycles. The lowest BCUT2D eigenvalue weighted by Gasteiger charge is -2.41. The van der Waals surface area contributed by atoms with E-state index in [0.29, 0.717) is 18.7 Å². The summed E-state index contributed by atoms with van der Waals surface area (Å²) in [5.41, 5.74) is 1.59. The van der Waals surface area contributed by atoms with Crippen LogP contribution in [0.2, 0.25) is 0 Å². The summed E-state index contributed by atoms with van der Waals surface area (Å²) in [6.45, 7) is 0.941. The number of hydrogen-bond acceptors (Lipinski definition) is 5. The Bertz CT molecular complexity index is 741. The van der Waals surface area contributed by atoms with Crippen molar-refractivity contribution in [2.24, 2.45) is 5.92 Å². The Labute approximate surface area is 172 Å². The molecule has 0 aromatic heterocycles. The molecule has 158 valence electrons. The van der Waals surface area contributed by atoms with Crippen molar-refractivity contribution in [3.8, 4) is 0 Å². The number of nitrogens with zero attached hydrogens (tertiary/aromatic N) is 3. The largest absolute Gasteiger partial charge is 0.467 e. The van der Waals surface area contributed by atoms with Crippen LogP contribution in [-0.4, -0.2) is 74.5 Å². The first-order valence-electron chi connectivity index (χ1n) is 10.4. The summed E-state index contributed by atoms with van der Waals surface area (Å²) in [6, 6.07) is 6.64. The molecule has 1 atom stereocenters. The van der Waals surface area contributed by atoms with E-state index in [1.165, 1.54) is 13.5 Å². The molecule has 0 spiro atoms. The van der Waals surface area contributed by atoms with Gasteiger partial charge in [-0.1, -0.05) is 19.3 Å². The molecule has 1 saturated carbocycles. The summed E-state index contributed by atoms with van der Waals surface area (Å²) >= 11 is 0. The number of piperazine rings is 1. The Kier molecular flexibility index (Phi) is 6.77. The minimum absolute atomic E-state index is 0.0169. The predicted octanol–water partition coefficient (Wildman–Crippen LogP) is 2.16.